The Morgan fingerprint density at radius 2 is 1.81 bits per heavy atom. The van der Waals surface area contributed by atoms with Crippen molar-refractivity contribution in [3.8, 4) is 11.6 Å². The van der Waals surface area contributed by atoms with Gasteiger partial charge < -0.3 is 40.0 Å². The number of nitrogens with one attached hydrogen (secondary N) is 2. The predicted octanol–water partition coefficient (Wildman–Crippen LogP) is 7.80. The molecule has 4 fully saturated rings. The highest BCUT2D eigenvalue weighted by molar-refractivity contribution is 7.91. The zero-order valence-corrected chi connectivity index (χ0v) is 39.7. The van der Waals surface area contributed by atoms with E-state index in [1.807, 2.05) is 35.2 Å². The predicted molar refractivity (Wildman–Crippen MR) is 263 cm³/mol. The Kier molecular flexibility index (Phi) is 11.0. The molecule has 4 N–H and O–H groups in total. The second-order valence-corrected chi connectivity index (χ2v) is 21.8. The van der Waals surface area contributed by atoms with E-state index in [0.717, 1.165) is 55.8 Å². The summed E-state index contributed by atoms with van der Waals surface area (Å²) in [5.41, 5.74) is 11.0. The number of H-pyrrole nitrogens is 1. The zero-order valence-electron chi connectivity index (χ0n) is 38.9. The number of pyridine rings is 2. The van der Waals surface area contributed by atoms with E-state index in [4.69, 9.17) is 24.9 Å². The minimum atomic E-state index is -4.77. The normalized spacial score (nSPS) is 23.1. The molecule has 4 atom stereocenters. The largest absolute Gasteiger partial charge is 0.489 e. The Hall–Kier alpha value is -6.76. The zero-order chi connectivity index (χ0) is 47.9. The molecule has 1 spiro atoms. The molecule has 0 bridgehead atoms. The van der Waals surface area contributed by atoms with Crippen molar-refractivity contribution in [1.29, 1.82) is 0 Å². The topological polar surface area (TPSA) is 211 Å². The molecule has 3 aromatic heterocycles. The molecule has 70 heavy (non-hydrogen) atoms. The summed E-state index contributed by atoms with van der Waals surface area (Å²) in [7, 11) is -4.77. The van der Waals surface area contributed by atoms with Gasteiger partial charge in [-0.1, -0.05) is 30.3 Å². The second kappa shape index (κ2) is 17.3. The minimum Gasteiger partial charge on any atom is -0.489 e. The van der Waals surface area contributed by atoms with Gasteiger partial charge >= 0.3 is 0 Å². The number of nitrogens with zero attached hydrogens (tertiary/aromatic N) is 6. The van der Waals surface area contributed by atoms with Crippen molar-refractivity contribution in [3.05, 3.63) is 124 Å². The molecule has 1 amide bonds. The molecular formula is C52H55N9O8S. The van der Waals surface area contributed by atoms with Gasteiger partial charge in [0.2, 0.25) is 15.7 Å². The number of hydrogen-bond acceptors (Lipinski definition) is 14. The first kappa shape index (κ1) is 44.4. The number of sulfone groups is 1. The van der Waals surface area contributed by atoms with E-state index in [0.29, 0.717) is 61.6 Å². The number of anilines is 4. The third-order valence-corrected chi connectivity index (χ3v) is 17.6. The van der Waals surface area contributed by atoms with Crippen LogP contribution in [0.15, 0.2) is 101 Å². The Morgan fingerprint density at radius 3 is 2.60 bits per heavy atom. The van der Waals surface area contributed by atoms with E-state index in [-0.39, 0.29) is 63.0 Å². The number of likely N-dealkylation sites (tertiary alicyclic amines) is 1. The van der Waals surface area contributed by atoms with Crippen LogP contribution in [0.2, 0.25) is 0 Å². The van der Waals surface area contributed by atoms with Gasteiger partial charge in [0.25, 0.3) is 11.6 Å². The van der Waals surface area contributed by atoms with Crippen LogP contribution in [0, 0.1) is 22.5 Å². The lowest BCUT2D eigenvalue weighted by molar-refractivity contribution is -0.384. The van der Waals surface area contributed by atoms with E-state index in [1.165, 1.54) is 23.6 Å². The Balaban J connectivity index is 0.957. The quantitative estimate of drug-likeness (QED) is 0.0884. The van der Waals surface area contributed by atoms with Crippen LogP contribution in [0.25, 0.3) is 11.0 Å². The number of fused-ring (bicyclic) bond motifs is 4. The van der Waals surface area contributed by atoms with Gasteiger partial charge in [-0.25, -0.2) is 8.42 Å². The number of primary amides is 1. The van der Waals surface area contributed by atoms with Gasteiger partial charge in [0.1, 0.15) is 28.9 Å². The van der Waals surface area contributed by atoms with E-state index in [1.54, 1.807) is 24.5 Å². The number of piperidine rings is 1. The summed E-state index contributed by atoms with van der Waals surface area (Å²) in [5.74, 6) is -0.573. The van der Waals surface area contributed by atoms with Crippen molar-refractivity contribution < 1.29 is 32.3 Å². The molecule has 1 saturated carbocycles. The monoisotopic (exact) mass is 965 g/mol. The van der Waals surface area contributed by atoms with Crippen molar-refractivity contribution >= 4 is 55.2 Å². The molecule has 3 saturated heterocycles. The summed E-state index contributed by atoms with van der Waals surface area (Å²) >= 11 is 0. The summed E-state index contributed by atoms with van der Waals surface area (Å²) in [6.07, 6.45) is 9.87. The third-order valence-electron chi connectivity index (χ3n) is 15.8. The van der Waals surface area contributed by atoms with E-state index in [2.05, 4.69) is 56.3 Å². The lowest BCUT2D eigenvalue weighted by atomic mass is 9.59. The highest BCUT2D eigenvalue weighted by Gasteiger charge is 2.51. The second-order valence-electron chi connectivity index (χ2n) is 19.9. The number of amides is 1. The van der Waals surface area contributed by atoms with Crippen LogP contribution in [-0.2, 0) is 21.0 Å². The number of hydrogen-bond donors (Lipinski definition) is 3. The molecule has 18 heteroatoms. The van der Waals surface area contributed by atoms with Crippen LogP contribution in [0.5, 0.6) is 11.6 Å². The molecular weight excluding hydrogens is 911 g/mol. The molecule has 1 aliphatic carbocycles. The van der Waals surface area contributed by atoms with E-state index < -0.39 is 38.5 Å². The van der Waals surface area contributed by atoms with E-state index >= 15 is 8.42 Å². The molecule has 362 valence electrons. The highest BCUT2D eigenvalue weighted by atomic mass is 32.2. The van der Waals surface area contributed by atoms with Crippen molar-refractivity contribution in [2.75, 3.05) is 54.6 Å². The summed E-state index contributed by atoms with van der Waals surface area (Å²) in [5, 5.41) is 17.0. The number of aromatic amines is 1. The fraction of sp³-hybridized carbons (Fsp3) is 0.404. The van der Waals surface area contributed by atoms with Gasteiger partial charge in [0, 0.05) is 73.8 Å². The number of rotatable bonds is 10. The molecule has 3 aromatic carbocycles. The smallest absolute Gasteiger partial charge is 0.297 e. The summed E-state index contributed by atoms with van der Waals surface area (Å²) in [6, 6.07) is 23.8. The maximum Gasteiger partial charge on any atom is 0.297 e. The SMILES string of the molecule is Cc1ccccc1[C@@H]1CCCN1C1CC2(CCN(c3ccc(C(N)=O)c(N4c5cc6cc[nH]c6nc5O[C@@H]5COCC[C@@H]54)c3S(=O)(=O)c3cc4c(c([N+](=O)[O-])c3)N[C@@H](Cc3ccccn3)CO4)CC2)C1. The van der Waals surface area contributed by atoms with Crippen LogP contribution < -0.4 is 30.3 Å². The molecule has 6 aliphatic rings. The maximum absolute atomic E-state index is 16.1. The minimum absolute atomic E-state index is 0.0264. The van der Waals surface area contributed by atoms with Crippen LogP contribution in [0.4, 0.5) is 28.4 Å². The number of benzene rings is 3. The number of nitro benzene ring substituents is 1. The number of carbonyl (C=O) groups is 1. The fourth-order valence-corrected chi connectivity index (χ4v) is 14.0. The van der Waals surface area contributed by atoms with Crippen molar-refractivity contribution in [1.82, 2.24) is 19.9 Å². The van der Waals surface area contributed by atoms with Gasteiger partial charge in [-0.2, -0.15) is 4.98 Å². The number of aromatic nitrogens is 3. The van der Waals surface area contributed by atoms with Gasteiger partial charge in [0.05, 0.1) is 45.4 Å². The van der Waals surface area contributed by atoms with Crippen molar-refractivity contribution in [2.24, 2.45) is 11.1 Å². The van der Waals surface area contributed by atoms with Gasteiger partial charge in [0.15, 0.2) is 11.4 Å². The first-order chi connectivity index (χ1) is 33.9. The lowest BCUT2D eigenvalue weighted by Crippen LogP contribution is -2.55. The summed E-state index contributed by atoms with van der Waals surface area (Å²) < 4.78 is 50.8. The van der Waals surface area contributed by atoms with Gasteiger partial charge in [-0.05, 0) is 111 Å². The average Bonchev–Trinajstić information content (AvgIpc) is 4.04. The Labute approximate surface area is 405 Å². The van der Waals surface area contributed by atoms with Gasteiger partial charge in [-0.15, -0.1) is 0 Å². The van der Waals surface area contributed by atoms with Crippen molar-refractivity contribution in [3.63, 3.8) is 0 Å². The standard InChI is InChI=1S/C52H55N9O8S/c1-31-7-2-3-9-37(31)39-10-6-19-59(39)35-27-52(28-35)15-20-58(21-16-52)41-12-11-38(49(53)62)47(60-40-14-22-67-30-45(40)69-51-43(60)23-32-13-18-55-50(32)57-51)48(41)70(65,66)36-25-42(61(63)64)46-44(26-36)68-29-34(56-46)24-33-8-4-5-17-54-33/h2-5,7-9,11-13,17-18,23,25-26,34-35,39-40,45,56H,6,10,14-16,19-22,24,27-30H2,1H3,(H2,53,62)(H,55,57)/t34-,39-,40-,45+/m0/s1. The van der Waals surface area contributed by atoms with E-state index in [9.17, 15) is 14.9 Å². The summed E-state index contributed by atoms with van der Waals surface area (Å²) in [6.45, 7) is 5.06. The number of aryl methyl sites for hydroxylation is 1. The fourth-order valence-electron chi connectivity index (χ4n) is 12.3. The number of carbonyl (C=O) groups excluding carboxylic acids is 1. The number of nitro groups is 1. The third kappa shape index (κ3) is 7.58. The molecule has 17 nitrogen and oxygen atoms in total. The van der Waals surface area contributed by atoms with Crippen LogP contribution in [-0.4, -0.2) is 103 Å². The van der Waals surface area contributed by atoms with Crippen LogP contribution in [0.1, 0.15) is 78.2 Å². The molecule has 6 aromatic rings. The number of ether oxygens (including phenoxy) is 3. The Bertz CT molecular complexity index is 3150. The van der Waals surface area contributed by atoms with Crippen LogP contribution in [0.3, 0.4) is 0 Å². The first-order valence-corrected chi connectivity index (χ1v) is 25.8. The van der Waals surface area contributed by atoms with Crippen LogP contribution >= 0.6 is 0 Å². The molecule has 0 unspecified atom stereocenters. The van der Waals surface area contributed by atoms with Crippen molar-refractivity contribution in [2.45, 2.75) is 98.4 Å². The van der Waals surface area contributed by atoms with Gasteiger partial charge in [-0.3, -0.25) is 24.8 Å². The molecule has 0 radical (unpaired) electrons. The number of nitrogens with two attached hydrogens (primary N) is 1. The molecule has 5 aliphatic heterocycles. The molecule has 8 heterocycles. The summed E-state index contributed by atoms with van der Waals surface area (Å²) in [4.78, 5) is 44.8. The molecule has 12 rings (SSSR count). The Morgan fingerprint density at radius 1 is 0.986 bits per heavy atom. The first-order valence-electron chi connectivity index (χ1n) is 24.4. The lowest BCUT2D eigenvalue weighted by Gasteiger charge is -2.56. The average molecular weight is 966 g/mol. The highest BCUT2D eigenvalue weighted by Crippen LogP contribution is 2.56. The maximum atomic E-state index is 16.1.